The molecular weight excluding hydrogens is 456 g/mol. The lowest BCUT2D eigenvalue weighted by Gasteiger charge is -2.37. The third-order valence-corrected chi connectivity index (χ3v) is 5.46. The number of carbonyl (C=O) groups excluding carboxylic acids is 4. The van der Waals surface area contributed by atoms with Crippen molar-refractivity contribution in [3.8, 4) is 0 Å². The summed E-state index contributed by atoms with van der Waals surface area (Å²) >= 11 is 0. The van der Waals surface area contributed by atoms with E-state index >= 15 is 0 Å². The van der Waals surface area contributed by atoms with Crippen LogP contribution in [0.2, 0.25) is 0 Å². The highest BCUT2D eigenvalue weighted by molar-refractivity contribution is 6.00. The van der Waals surface area contributed by atoms with E-state index in [0.29, 0.717) is 11.3 Å². The number of nitrogens with one attached hydrogen (secondary N) is 3. The van der Waals surface area contributed by atoms with Crippen molar-refractivity contribution in [1.82, 2.24) is 15.5 Å². The smallest absolute Gasteiger partial charge is 0.310 e. The van der Waals surface area contributed by atoms with Crippen LogP contribution in [0.1, 0.15) is 50.5 Å². The molecule has 0 aliphatic carbocycles. The Kier molecular flexibility index (Phi) is 9.76. The topological polar surface area (TPSA) is 154 Å². The second kappa shape index (κ2) is 12.3. The van der Waals surface area contributed by atoms with Gasteiger partial charge in [0, 0.05) is 42.9 Å². The first kappa shape index (κ1) is 27.8. The fourth-order valence-electron chi connectivity index (χ4n) is 3.54. The van der Waals surface area contributed by atoms with E-state index in [2.05, 4.69) is 16.0 Å². The lowest BCUT2D eigenvalue weighted by Crippen LogP contribution is -2.53. The SMILES string of the molecule is CC(=O)OCc1ccc(NC(=O)CNC(=O)C(NC(C)C)C(C)C)cc1C(=O)N1CC(C(=O)O)C1. The van der Waals surface area contributed by atoms with Crippen LogP contribution in [0.15, 0.2) is 18.2 Å². The summed E-state index contributed by atoms with van der Waals surface area (Å²) in [7, 11) is 0. The molecule has 192 valence electrons. The van der Waals surface area contributed by atoms with Crippen molar-refractivity contribution in [2.75, 3.05) is 25.0 Å². The highest BCUT2D eigenvalue weighted by atomic mass is 16.5. The number of aliphatic carboxylic acids is 1. The fraction of sp³-hybridized carbons (Fsp3) is 0.542. The summed E-state index contributed by atoms with van der Waals surface area (Å²) in [5.74, 6) is -3.27. The lowest BCUT2D eigenvalue weighted by molar-refractivity contribution is -0.146. The molecule has 0 aromatic heterocycles. The Morgan fingerprint density at radius 1 is 1.11 bits per heavy atom. The van der Waals surface area contributed by atoms with Gasteiger partial charge in [-0.25, -0.2) is 0 Å². The molecule has 1 aromatic rings. The molecule has 1 aliphatic heterocycles. The number of rotatable bonds is 11. The van der Waals surface area contributed by atoms with Crippen molar-refractivity contribution < 1.29 is 33.8 Å². The maximum Gasteiger partial charge on any atom is 0.310 e. The highest BCUT2D eigenvalue weighted by Gasteiger charge is 2.36. The van der Waals surface area contributed by atoms with E-state index in [4.69, 9.17) is 9.84 Å². The van der Waals surface area contributed by atoms with Crippen molar-refractivity contribution in [3.05, 3.63) is 29.3 Å². The predicted octanol–water partition coefficient (Wildman–Crippen LogP) is 0.984. The second-order valence-corrected chi connectivity index (χ2v) is 9.21. The van der Waals surface area contributed by atoms with Gasteiger partial charge in [0.05, 0.1) is 18.5 Å². The van der Waals surface area contributed by atoms with E-state index in [1.54, 1.807) is 12.1 Å². The molecule has 0 bridgehead atoms. The van der Waals surface area contributed by atoms with Gasteiger partial charge in [-0.3, -0.25) is 24.0 Å². The Morgan fingerprint density at radius 2 is 1.77 bits per heavy atom. The molecule has 2 rings (SSSR count). The summed E-state index contributed by atoms with van der Waals surface area (Å²) in [6.45, 7) is 8.68. The Hall–Kier alpha value is -3.47. The molecule has 3 amide bonds. The van der Waals surface area contributed by atoms with Crippen LogP contribution in [-0.2, 0) is 30.5 Å². The lowest BCUT2D eigenvalue weighted by atomic mass is 9.97. The summed E-state index contributed by atoms with van der Waals surface area (Å²) < 4.78 is 5.02. The van der Waals surface area contributed by atoms with Gasteiger partial charge in [-0.05, 0) is 18.1 Å². The van der Waals surface area contributed by atoms with Gasteiger partial charge < -0.3 is 30.7 Å². The predicted molar refractivity (Wildman–Crippen MR) is 127 cm³/mol. The van der Waals surface area contributed by atoms with E-state index in [9.17, 15) is 24.0 Å². The molecule has 11 nitrogen and oxygen atoms in total. The summed E-state index contributed by atoms with van der Waals surface area (Å²) in [5.41, 5.74) is 0.933. The zero-order valence-corrected chi connectivity index (χ0v) is 20.7. The molecule has 0 saturated carbocycles. The molecular formula is C24H34N4O7. The molecule has 35 heavy (non-hydrogen) atoms. The summed E-state index contributed by atoms with van der Waals surface area (Å²) in [5, 5.41) is 17.5. The number of esters is 1. The van der Waals surface area contributed by atoms with Gasteiger partial charge in [-0.1, -0.05) is 33.8 Å². The minimum Gasteiger partial charge on any atom is -0.481 e. The first-order valence-corrected chi connectivity index (χ1v) is 11.5. The molecule has 0 radical (unpaired) electrons. The van der Waals surface area contributed by atoms with Gasteiger partial charge in [0.2, 0.25) is 11.8 Å². The number of nitrogens with zero attached hydrogens (tertiary/aromatic N) is 1. The van der Waals surface area contributed by atoms with Gasteiger partial charge >= 0.3 is 11.9 Å². The minimum absolute atomic E-state index is 0.0287. The van der Waals surface area contributed by atoms with Crippen LogP contribution >= 0.6 is 0 Å². The van der Waals surface area contributed by atoms with Crippen molar-refractivity contribution >= 4 is 35.3 Å². The average molecular weight is 491 g/mol. The number of amides is 3. The summed E-state index contributed by atoms with van der Waals surface area (Å²) in [6.07, 6.45) is 0. The van der Waals surface area contributed by atoms with Crippen molar-refractivity contribution in [3.63, 3.8) is 0 Å². The van der Waals surface area contributed by atoms with Crippen molar-refractivity contribution in [1.29, 1.82) is 0 Å². The number of hydrogen-bond donors (Lipinski definition) is 4. The number of carboxylic acid groups (broad SMARTS) is 1. The van der Waals surface area contributed by atoms with Crippen molar-refractivity contribution in [2.24, 2.45) is 11.8 Å². The zero-order valence-electron chi connectivity index (χ0n) is 20.7. The Morgan fingerprint density at radius 3 is 2.31 bits per heavy atom. The first-order chi connectivity index (χ1) is 16.4. The van der Waals surface area contributed by atoms with Crippen LogP contribution in [-0.4, -0.2) is 71.4 Å². The quantitative estimate of drug-likeness (QED) is 0.335. The average Bonchev–Trinajstić information content (AvgIpc) is 2.73. The highest BCUT2D eigenvalue weighted by Crippen LogP contribution is 2.24. The maximum atomic E-state index is 13.0. The fourth-order valence-corrected chi connectivity index (χ4v) is 3.54. The molecule has 1 fully saturated rings. The molecule has 1 atom stereocenters. The number of carbonyl (C=O) groups is 5. The van der Waals surface area contributed by atoms with Crippen molar-refractivity contribution in [2.45, 2.75) is 53.3 Å². The van der Waals surface area contributed by atoms with E-state index in [1.165, 1.54) is 17.9 Å². The standard InChI is InChI=1S/C24H34N4O7/c1-13(2)21(26-14(3)4)22(31)25-9-20(30)27-18-7-6-16(12-35-15(5)29)19(8-18)23(32)28-10-17(11-28)24(33)34/h6-8,13-14,17,21,26H,9-12H2,1-5H3,(H,25,31)(H,27,30)(H,33,34). The molecule has 1 unspecified atom stereocenters. The van der Waals surface area contributed by atoms with Gasteiger partial charge in [0.25, 0.3) is 5.91 Å². The number of ether oxygens (including phenoxy) is 1. The Bertz CT molecular complexity index is 971. The second-order valence-electron chi connectivity index (χ2n) is 9.21. The third-order valence-electron chi connectivity index (χ3n) is 5.46. The number of carboxylic acids is 1. The molecule has 0 spiro atoms. The van der Waals surface area contributed by atoms with Crippen LogP contribution in [0.25, 0.3) is 0 Å². The van der Waals surface area contributed by atoms with Gasteiger partial charge in [-0.2, -0.15) is 0 Å². The van der Waals surface area contributed by atoms with E-state index in [1.807, 2.05) is 27.7 Å². The number of likely N-dealkylation sites (tertiary alicyclic amines) is 1. The largest absolute Gasteiger partial charge is 0.481 e. The normalized spacial score (nSPS) is 14.3. The Balaban J connectivity index is 2.08. The molecule has 1 saturated heterocycles. The number of hydrogen-bond acceptors (Lipinski definition) is 7. The van der Waals surface area contributed by atoms with Crippen LogP contribution in [0, 0.1) is 11.8 Å². The number of anilines is 1. The first-order valence-electron chi connectivity index (χ1n) is 11.5. The van der Waals surface area contributed by atoms with Gasteiger partial charge in [0.1, 0.15) is 6.61 Å². The Labute approximate surface area is 204 Å². The van der Waals surface area contributed by atoms with Crippen LogP contribution in [0.5, 0.6) is 0 Å². The van der Waals surface area contributed by atoms with Crippen LogP contribution in [0.4, 0.5) is 5.69 Å². The van der Waals surface area contributed by atoms with E-state index in [-0.39, 0.29) is 49.7 Å². The summed E-state index contributed by atoms with van der Waals surface area (Å²) in [6, 6.07) is 4.22. The van der Waals surface area contributed by atoms with Gasteiger partial charge in [-0.15, -0.1) is 0 Å². The zero-order chi connectivity index (χ0) is 26.3. The molecule has 4 N–H and O–H groups in total. The molecule has 1 heterocycles. The number of benzene rings is 1. The molecule has 1 aromatic carbocycles. The minimum atomic E-state index is -0.972. The monoisotopic (exact) mass is 490 g/mol. The molecule has 11 heteroatoms. The maximum absolute atomic E-state index is 13.0. The van der Waals surface area contributed by atoms with Gasteiger partial charge in [0.15, 0.2) is 0 Å². The summed E-state index contributed by atoms with van der Waals surface area (Å²) in [4.78, 5) is 61.6. The van der Waals surface area contributed by atoms with E-state index < -0.39 is 35.7 Å². The third kappa shape index (κ3) is 8.06. The van der Waals surface area contributed by atoms with E-state index in [0.717, 1.165) is 0 Å². The van der Waals surface area contributed by atoms with Crippen LogP contribution < -0.4 is 16.0 Å². The van der Waals surface area contributed by atoms with Crippen LogP contribution in [0.3, 0.4) is 0 Å². The molecule has 1 aliphatic rings.